The topological polar surface area (TPSA) is 78.3 Å². The van der Waals surface area contributed by atoms with Gasteiger partial charge in [0.1, 0.15) is 17.9 Å². The normalized spacial score (nSPS) is 11.4. The van der Waals surface area contributed by atoms with Gasteiger partial charge in [-0.25, -0.2) is 9.97 Å². The molecule has 0 spiro atoms. The molecule has 0 atom stereocenters. The number of ether oxygens (including phenoxy) is 2. The van der Waals surface area contributed by atoms with Crippen LogP contribution in [0.4, 0.5) is 5.69 Å². The van der Waals surface area contributed by atoms with Crippen LogP contribution in [0, 0.1) is 0 Å². The summed E-state index contributed by atoms with van der Waals surface area (Å²) >= 11 is 0. The van der Waals surface area contributed by atoms with Gasteiger partial charge in [0.25, 0.3) is 0 Å². The maximum Gasteiger partial charge on any atom is 0.325 e. The molecule has 7 heteroatoms. The molecule has 2 aromatic heterocycles. The van der Waals surface area contributed by atoms with Crippen molar-refractivity contribution in [3.8, 4) is 11.8 Å². The van der Waals surface area contributed by atoms with E-state index in [-0.39, 0.29) is 18.5 Å². The van der Waals surface area contributed by atoms with Gasteiger partial charge in [-0.1, -0.05) is 0 Å². The Morgan fingerprint density at radius 3 is 2.62 bits per heavy atom. The summed E-state index contributed by atoms with van der Waals surface area (Å²) in [7, 11) is 1.98. The minimum atomic E-state index is -0.508. The van der Waals surface area contributed by atoms with Crippen molar-refractivity contribution in [1.29, 1.82) is 0 Å². The van der Waals surface area contributed by atoms with Crippen LogP contribution in [0.3, 0.4) is 0 Å². The van der Waals surface area contributed by atoms with Crippen LogP contribution in [0.1, 0.15) is 20.8 Å². The number of nitrogens with one attached hydrogen (secondary N) is 1. The molecule has 0 unspecified atom stereocenters. The summed E-state index contributed by atoms with van der Waals surface area (Å²) in [5.41, 5.74) is 1.17. The van der Waals surface area contributed by atoms with Gasteiger partial charge in [-0.3, -0.25) is 4.79 Å². The summed E-state index contributed by atoms with van der Waals surface area (Å²) < 4.78 is 13.0. The molecule has 0 saturated heterocycles. The predicted molar refractivity (Wildman–Crippen MR) is 99.4 cm³/mol. The van der Waals surface area contributed by atoms with E-state index in [2.05, 4.69) is 15.3 Å². The van der Waals surface area contributed by atoms with Crippen molar-refractivity contribution in [2.75, 3.05) is 11.9 Å². The van der Waals surface area contributed by atoms with Crippen molar-refractivity contribution in [2.24, 2.45) is 7.05 Å². The van der Waals surface area contributed by atoms with Gasteiger partial charge in [-0.15, -0.1) is 0 Å². The number of anilines is 1. The Hall–Kier alpha value is -3.09. The first-order valence-corrected chi connectivity index (χ1v) is 8.31. The lowest BCUT2D eigenvalue weighted by Gasteiger charge is -2.19. The molecule has 0 amide bonds. The number of hydrogen-bond donors (Lipinski definition) is 1. The second kappa shape index (κ2) is 7.03. The first kappa shape index (κ1) is 17.7. The van der Waals surface area contributed by atoms with E-state index in [0.29, 0.717) is 11.4 Å². The average molecular weight is 354 g/mol. The fraction of sp³-hybridized carbons (Fsp3) is 0.316. The van der Waals surface area contributed by atoms with Gasteiger partial charge in [-0.2, -0.15) is 0 Å². The molecular formula is C19H22N4O3. The summed E-state index contributed by atoms with van der Waals surface area (Å²) in [5, 5.41) is 4.07. The molecule has 0 saturated carbocycles. The molecule has 3 rings (SSSR count). The third-order valence-corrected chi connectivity index (χ3v) is 3.55. The molecule has 26 heavy (non-hydrogen) atoms. The zero-order valence-corrected chi connectivity index (χ0v) is 15.3. The van der Waals surface area contributed by atoms with Crippen LogP contribution in [-0.4, -0.2) is 32.7 Å². The van der Waals surface area contributed by atoms with E-state index in [1.165, 1.54) is 0 Å². The number of benzene rings is 1. The van der Waals surface area contributed by atoms with E-state index in [9.17, 15) is 4.79 Å². The van der Waals surface area contributed by atoms with Gasteiger partial charge in [0, 0.05) is 19.3 Å². The standard InChI is InChI=1S/C19H22N4O3/c1-19(2,3)26-17(24)12-20-14-10-21-18(22-11-14)25-15-6-5-13-7-8-23(4)16(13)9-15/h5-11,20H,12H2,1-4H3. The van der Waals surface area contributed by atoms with E-state index in [1.807, 2.05) is 62.8 Å². The SMILES string of the molecule is Cn1ccc2ccc(Oc3ncc(NCC(=O)OC(C)(C)C)cn3)cc21. The number of carbonyl (C=O) groups is 1. The molecule has 0 radical (unpaired) electrons. The van der Waals surface area contributed by atoms with E-state index in [4.69, 9.17) is 9.47 Å². The van der Waals surface area contributed by atoms with Crippen molar-refractivity contribution >= 4 is 22.6 Å². The minimum Gasteiger partial charge on any atom is -0.459 e. The Balaban J connectivity index is 1.60. The maximum absolute atomic E-state index is 11.7. The largest absolute Gasteiger partial charge is 0.459 e. The van der Waals surface area contributed by atoms with Gasteiger partial charge >= 0.3 is 12.0 Å². The molecule has 136 valence electrons. The first-order chi connectivity index (χ1) is 12.3. The van der Waals surface area contributed by atoms with E-state index < -0.39 is 5.60 Å². The summed E-state index contributed by atoms with van der Waals surface area (Å²) in [5.74, 6) is 0.322. The number of nitrogens with zero attached hydrogens (tertiary/aromatic N) is 3. The summed E-state index contributed by atoms with van der Waals surface area (Å²) in [6, 6.07) is 8.08. The van der Waals surface area contributed by atoms with E-state index in [0.717, 1.165) is 10.9 Å². The molecule has 2 heterocycles. The summed E-state index contributed by atoms with van der Waals surface area (Å²) in [6.45, 7) is 5.53. The van der Waals surface area contributed by atoms with Gasteiger partial charge in [0.05, 0.1) is 23.6 Å². The maximum atomic E-state index is 11.7. The smallest absolute Gasteiger partial charge is 0.325 e. The summed E-state index contributed by atoms with van der Waals surface area (Å²) in [6.07, 6.45) is 5.12. The molecule has 7 nitrogen and oxygen atoms in total. The highest BCUT2D eigenvalue weighted by atomic mass is 16.6. The zero-order chi connectivity index (χ0) is 18.7. The number of hydrogen-bond acceptors (Lipinski definition) is 6. The van der Waals surface area contributed by atoms with Crippen LogP contribution in [0.25, 0.3) is 10.9 Å². The zero-order valence-electron chi connectivity index (χ0n) is 15.3. The molecule has 1 aromatic carbocycles. The highest BCUT2D eigenvalue weighted by Gasteiger charge is 2.15. The molecular weight excluding hydrogens is 332 g/mol. The second-order valence-electron chi connectivity index (χ2n) is 6.94. The molecule has 3 aromatic rings. The first-order valence-electron chi connectivity index (χ1n) is 8.31. The number of aryl methyl sites for hydroxylation is 1. The van der Waals surface area contributed by atoms with Gasteiger partial charge in [0.15, 0.2) is 0 Å². The monoisotopic (exact) mass is 354 g/mol. The predicted octanol–water partition coefficient (Wildman–Crippen LogP) is 3.51. The average Bonchev–Trinajstić information content (AvgIpc) is 2.94. The number of aromatic nitrogens is 3. The Bertz CT molecular complexity index is 911. The lowest BCUT2D eigenvalue weighted by molar-refractivity contribution is -0.152. The number of esters is 1. The molecule has 0 aliphatic heterocycles. The van der Waals surface area contributed by atoms with Crippen LogP contribution in [0.2, 0.25) is 0 Å². The Labute approximate surface area is 152 Å². The van der Waals surface area contributed by atoms with Crippen molar-refractivity contribution in [3.05, 3.63) is 42.9 Å². The van der Waals surface area contributed by atoms with Crippen molar-refractivity contribution in [2.45, 2.75) is 26.4 Å². The van der Waals surface area contributed by atoms with Crippen molar-refractivity contribution in [3.63, 3.8) is 0 Å². The number of fused-ring (bicyclic) bond motifs is 1. The van der Waals surface area contributed by atoms with Gasteiger partial charge in [-0.05, 0) is 44.4 Å². The fourth-order valence-electron chi connectivity index (χ4n) is 2.42. The molecule has 0 aliphatic carbocycles. The fourth-order valence-corrected chi connectivity index (χ4v) is 2.42. The van der Waals surface area contributed by atoms with Crippen LogP contribution < -0.4 is 10.1 Å². The highest BCUT2D eigenvalue weighted by molar-refractivity contribution is 5.81. The Kier molecular flexibility index (Phi) is 4.79. The molecule has 0 fully saturated rings. The van der Waals surface area contributed by atoms with Crippen LogP contribution >= 0.6 is 0 Å². The number of rotatable bonds is 5. The third kappa shape index (κ3) is 4.50. The second-order valence-corrected chi connectivity index (χ2v) is 6.94. The van der Waals surface area contributed by atoms with Crippen LogP contribution in [0.15, 0.2) is 42.9 Å². The quantitative estimate of drug-likeness (QED) is 0.707. The Morgan fingerprint density at radius 1 is 1.19 bits per heavy atom. The van der Waals surface area contributed by atoms with E-state index >= 15 is 0 Å². The third-order valence-electron chi connectivity index (χ3n) is 3.55. The Morgan fingerprint density at radius 2 is 1.92 bits per heavy atom. The van der Waals surface area contributed by atoms with Crippen molar-refractivity contribution in [1.82, 2.24) is 14.5 Å². The highest BCUT2D eigenvalue weighted by Crippen LogP contribution is 2.24. The van der Waals surface area contributed by atoms with E-state index in [1.54, 1.807) is 12.4 Å². The number of carbonyl (C=O) groups excluding carboxylic acids is 1. The molecule has 1 N–H and O–H groups in total. The minimum absolute atomic E-state index is 0.0466. The summed E-state index contributed by atoms with van der Waals surface area (Å²) in [4.78, 5) is 20.0. The van der Waals surface area contributed by atoms with Crippen LogP contribution in [-0.2, 0) is 16.6 Å². The van der Waals surface area contributed by atoms with Gasteiger partial charge < -0.3 is 19.4 Å². The molecule has 0 bridgehead atoms. The lowest BCUT2D eigenvalue weighted by atomic mass is 10.2. The van der Waals surface area contributed by atoms with Crippen LogP contribution in [0.5, 0.6) is 11.8 Å². The lowest BCUT2D eigenvalue weighted by Crippen LogP contribution is -2.28. The van der Waals surface area contributed by atoms with Crippen molar-refractivity contribution < 1.29 is 14.3 Å². The molecule has 0 aliphatic rings. The van der Waals surface area contributed by atoms with Gasteiger partial charge in [0.2, 0.25) is 0 Å².